The van der Waals surface area contributed by atoms with Crippen molar-refractivity contribution in [3.8, 4) is 0 Å². The molecule has 0 fully saturated rings. The minimum atomic E-state index is -0.819. The van der Waals surface area contributed by atoms with E-state index in [1.54, 1.807) is 0 Å². The first-order valence-corrected chi connectivity index (χ1v) is 6.69. The maximum atomic E-state index is 5.54. The Morgan fingerprint density at radius 2 is 2.11 bits per heavy atom. The van der Waals surface area contributed by atoms with E-state index >= 15 is 0 Å². The summed E-state index contributed by atoms with van der Waals surface area (Å²) >= 11 is 5.52. The fraction of sp³-hybridized carbons (Fsp3) is 1.00. The molecular formula is C6H15ClOSi. The predicted molar refractivity (Wildman–Crippen MR) is 44.8 cm³/mol. The summed E-state index contributed by atoms with van der Waals surface area (Å²) in [6.45, 7) is 6.42. The summed E-state index contributed by atoms with van der Waals surface area (Å²) < 4.78 is 5.54. The van der Waals surface area contributed by atoms with Crippen LogP contribution in [0.1, 0.15) is 13.3 Å². The van der Waals surface area contributed by atoms with Crippen LogP contribution in [0.3, 0.4) is 0 Å². The smallest absolute Gasteiger partial charge is 0.171 e. The second-order valence-electron chi connectivity index (χ2n) is 2.47. The molecule has 0 spiro atoms. The fourth-order valence-corrected chi connectivity index (χ4v) is 2.06. The highest BCUT2D eigenvalue weighted by Gasteiger charge is 2.02. The lowest BCUT2D eigenvalue weighted by Gasteiger charge is -2.13. The van der Waals surface area contributed by atoms with Gasteiger partial charge in [-0.05, 0) is 26.4 Å². The van der Waals surface area contributed by atoms with Crippen molar-refractivity contribution in [2.45, 2.75) is 32.5 Å². The van der Waals surface area contributed by atoms with Crippen LogP contribution in [0, 0.1) is 0 Å². The third kappa shape index (κ3) is 6.35. The molecule has 0 bridgehead atoms. The Morgan fingerprint density at radius 1 is 1.56 bits per heavy atom. The molecule has 0 heterocycles. The van der Waals surface area contributed by atoms with E-state index in [1.165, 1.54) is 0 Å². The van der Waals surface area contributed by atoms with Crippen molar-refractivity contribution in [3.63, 3.8) is 0 Å². The molecule has 56 valence electrons. The van der Waals surface area contributed by atoms with E-state index in [1.807, 2.05) is 0 Å². The molecule has 1 unspecified atom stereocenters. The van der Waals surface area contributed by atoms with Gasteiger partial charge in [-0.15, -0.1) is 11.6 Å². The highest BCUT2D eigenvalue weighted by atomic mass is 35.5. The lowest BCUT2D eigenvalue weighted by atomic mass is 10.3. The fourth-order valence-electron chi connectivity index (χ4n) is 0.686. The molecule has 0 aromatic carbocycles. The molecule has 0 saturated heterocycles. The topological polar surface area (TPSA) is 9.23 Å². The van der Waals surface area contributed by atoms with Crippen molar-refractivity contribution in [3.05, 3.63) is 0 Å². The van der Waals surface area contributed by atoms with E-state index < -0.39 is 9.04 Å². The molecule has 0 aliphatic rings. The zero-order valence-corrected chi connectivity index (χ0v) is 8.27. The minimum absolute atomic E-state index is 0.370. The van der Waals surface area contributed by atoms with E-state index in [4.69, 9.17) is 16.0 Å². The summed E-state index contributed by atoms with van der Waals surface area (Å²) in [5.74, 6) is 0.711. The van der Waals surface area contributed by atoms with Crippen LogP contribution in [0.15, 0.2) is 0 Å². The third-order valence-electron chi connectivity index (χ3n) is 1.02. The predicted octanol–water partition coefficient (Wildman–Crippen LogP) is 2.00. The quantitative estimate of drug-likeness (QED) is 0.459. The number of rotatable bonds is 4. The number of alkyl halides is 1. The van der Waals surface area contributed by atoms with Crippen molar-refractivity contribution in [1.82, 2.24) is 0 Å². The molecule has 0 N–H and O–H groups in total. The monoisotopic (exact) mass is 166 g/mol. The number of halogens is 1. The van der Waals surface area contributed by atoms with Gasteiger partial charge in [-0.2, -0.15) is 0 Å². The van der Waals surface area contributed by atoms with Gasteiger partial charge in [0, 0.05) is 12.0 Å². The van der Waals surface area contributed by atoms with Gasteiger partial charge in [-0.1, -0.05) is 0 Å². The van der Waals surface area contributed by atoms with Gasteiger partial charge >= 0.3 is 0 Å². The van der Waals surface area contributed by atoms with Crippen LogP contribution < -0.4 is 0 Å². The highest BCUT2D eigenvalue weighted by molar-refractivity contribution is 6.48. The van der Waals surface area contributed by atoms with Gasteiger partial charge in [0.25, 0.3) is 0 Å². The Labute approximate surface area is 64.1 Å². The molecule has 0 radical (unpaired) electrons. The van der Waals surface area contributed by atoms with Crippen LogP contribution in [-0.2, 0) is 4.43 Å². The first kappa shape index (κ1) is 9.47. The van der Waals surface area contributed by atoms with Crippen LogP contribution in [0.5, 0.6) is 0 Å². The maximum absolute atomic E-state index is 5.54. The van der Waals surface area contributed by atoms with E-state index in [2.05, 4.69) is 20.0 Å². The van der Waals surface area contributed by atoms with E-state index in [-0.39, 0.29) is 0 Å². The second-order valence-corrected chi connectivity index (χ2v) is 5.22. The van der Waals surface area contributed by atoms with Gasteiger partial charge < -0.3 is 4.43 Å². The number of hydrogen-bond donors (Lipinski definition) is 0. The maximum Gasteiger partial charge on any atom is 0.171 e. The van der Waals surface area contributed by atoms with Crippen molar-refractivity contribution in [1.29, 1.82) is 0 Å². The summed E-state index contributed by atoms with van der Waals surface area (Å²) in [4.78, 5) is 0. The Hall–Kier alpha value is 0.467. The summed E-state index contributed by atoms with van der Waals surface area (Å²) in [6.07, 6.45) is 1.35. The molecule has 0 amide bonds. The van der Waals surface area contributed by atoms with Crippen molar-refractivity contribution in [2.24, 2.45) is 0 Å². The molecule has 0 aliphatic carbocycles. The average molecular weight is 167 g/mol. The molecule has 0 aromatic heterocycles. The van der Waals surface area contributed by atoms with Gasteiger partial charge in [0.2, 0.25) is 0 Å². The van der Waals surface area contributed by atoms with Crippen LogP contribution in [-0.4, -0.2) is 21.0 Å². The van der Waals surface area contributed by atoms with Crippen LogP contribution in [0.4, 0.5) is 0 Å². The molecule has 3 heteroatoms. The largest absolute Gasteiger partial charge is 0.418 e. The summed E-state index contributed by atoms with van der Waals surface area (Å²) in [5, 5.41) is 0. The Kier molecular flexibility index (Phi) is 5.54. The zero-order chi connectivity index (χ0) is 7.28. The standard InChI is InChI=1S/C6H15ClOSi/c1-6(4-5-7)8-9(2)3/h6,9H,4-5H2,1-3H3. The molecule has 0 saturated carbocycles. The van der Waals surface area contributed by atoms with Gasteiger partial charge in [0.15, 0.2) is 9.04 Å². The zero-order valence-electron chi connectivity index (χ0n) is 6.36. The summed E-state index contributed by atoms with van der Waals surface area (Å²) in [6, 6.07) is 0. The molecule has 0 rings (SSSR count). The van der Waals surface area contributed by atoms with Crippen molar-refractivity contribution < 1.29 is 4.43 Å². The van der Waals surface area contributed by atoms with Crippen LogP contribution in [0.2, 0.25) is 13.1 Å². The van der Waals surface area contributed by atoms with Crippen LogP contribution >= 0.6 is 11.6 Å². The summed E-state index contributed by atoms with van der Waals surface area (Å²) in [7, 11) is -0.819. The Balaban J connectivity index is 3.15. The van der Waals surface area contributed by atoms with E-state index in [9.17, 15) is 0 Å². The first-order chi connectivity index (χ1) is 4.16. The Morgan fingerprint density at radius 3 is 2.44 bits per heavy atom. The lowest BCUT2D eigenvalue weighted by Crippen LogP contribution is -2.17. The lowest BCUT2D eigenvalue weighted by molar-refractivity contribution is 0.222. The van der Waals surface area contributed by atoms with E-state index in [0.29, 0.717) is 12.0 Å². The van der Waals surface area contributed by atoms with Gasteiger partial charge in [-0.25, -0.2) is 0 Å². The SMILES string of the molecule is CC(CCCl)O[SiH](C)C. The molecule has 1 atom stereocenters. The van der Waals surface area contributed by atoms with Crippen LogP contribution in [0.25, 0.3) is 0 Å². The van der Waals surface area contributed by atoms with E-state index in [0.717, 1.165) is 6.42 Å². The minimum Gasteiger partial charge on any atom is -0.418 e. The molecule has 9 heavy (non-hydrogen) atoms. The average Bonchev–Trinajstić information content (AvgIpc) is 1.63. The number of hydrogen-bond acceptors (Lipinski definition) is 1. The van der Waals surface area contributed by atoms with Gasteiger partial charge in [0.1, 0.15) is 0 Å². The second kappa shape index (κ2) is 5.27. The van der Waals surface area contributed by atoms with Crippen molar-refractivity contribution >= 4 is 20.6 Å². The highest BCUT2D eigenvalue weighted by Crippen LogP contribution is 2.00. The van der Waals surface area contributed by atoms with Gasteiger partial charge in [0.05, 0.1) is 0 Å². The molecule has 1 nitrogen and oxygen atoms in total. The summed E-state index contributed by atoms with van der Waals surface area (Å²) in [5.41, 5.74) is 0. The normalized spacial score (nSPS) is 14.3. The first-order valence-electron chi connectivity index (χ1n) is 3.38. The molecule has 0 aliphatic heterocycles. The Bertz CT molecular complexity index is 68.1. The molecule has 0 aromatic rings. The third-order valence-corrected chi connectivity index (χ3v) is 2.25. The van der Waals surface area contributed by atoms with Gasteiger partial charge in [-0.3, -0.25) is 0 Å². The molecular weight excluding hydrogens is 152 g/mol. The van der Waals surface area contributed by atoms with Crippen molar-refractivity contribution in [2.75, 3.05) is 5.88 Å².